The van der Waals surface area contributed by atoms with Crippen molar-refractivity contribution in [2.24, 2.45) is 0 Å². The number of esters is 2. The molecule has 0 amide bonds. The van der Waals surface area contributed by atoms with Crippen molar-refractivity contribution in [2.45, 2.75) is 213 Å². The van der Waals surface area contributed by atoms with Crippen LogP contribution in [0.4, 0.5) is 0 Å². The Morgan fingerprint density at radius 3 is 1.38 bits per heavy atom. The topological polar surface area (TPSA) is 108 Å². The third kappa shape index (κ3) is 45.5. The highest BCUT2D eigenvalue weighted by atomic mass is 31.2. The van der Waals surface area contributed by atoms with Crippen LogP contribution in [0, 0.1) is 0 Å². The monoisotopic (exact) mass is 867 g/mol. The van der Waals surface area contributed by atoms with Crippen molar-refractivity contribution in [3.05, 3.63) is 48.6 Å². The molecule has 0 spiro atoms. The van der Waals surface area contributed by atoms with Gasteiger partial charge in [0.05, 0.1) is 27.7 Å². The van der Waals surface area contributed by atoms with Gasteiger partial charge in [-0.05, 0) is 77.0 Å². The number of carbonyl (C=O) groups excluding carboxylic acids is 2. The molecule has 0 aliphatic rings. The molecule has 9 nitrogen and oxygen atoms in total. The van der Waals surface area contributed by atoms with Crippen molar-refractivity contribution in [1.29, 1.82) is 0 Å². The first-order valence-electron chi connectivity index (χ1n) is 24.4. The number of nitrogens with zero attached hydrogens (tertiary/aromatic N) is 1. The van der Waals surface area contributed by atoms with E-state index in [4.69, 9.17) is 18.5 Å². The van der Waals surface area contributed by atoms with Gasteiger partial charge in [0.2, 0.25) is 0 Å². The number of phosphoric ester groups is 1. The van der Waals surface area contributed by atoms with Gasteiger partial charge in [0.1, 0.15) is 19.8 Å². The quantitative estimate of drug-likeness (QED) is 0.0212. The van der Waals surface area contributed by atoms with Crippen LogP contribution in [0.5, 0.6) is 0 Å². The fraction of sp³-hybridized carbons (Fsp3) is 0.800. The standard InChI is InChI=1S/C50H92NO8P/c1-6-8-10-12-14-16-18-20-22-24-25-27-29-31-33-35-37-39-41-43-50(53)59-48(47-58-60(54,55)57-45-44-51(3,4)5)46-56-49(52)42-40-38-36-34-32-30-28-26-23-21-19-17-15-13-11-9-7-2/h14,16,20-23,25,27,48H,6-13,15,17-19,24,26,28-47H2,1-5H3/p+1/b16-14-,22-20-,23-21-,27-25-. The zero-order valence-corrected chi connectivity index (χ0v) is 40.3. The van der Waals surface area contributed by atoms with E-state index in [-0.39, 0.29) is 32.0 Å². The van der Waals surface area contributed by atoms with E-state index in [2.05, 4.69) is 62.5 Å². The van der Waals surface area contributed by atoms with Crippen LogP contribution in [0.3, 0.4) is 0 Å². The minimum absolute atomic E-state index is 0.0271. The number of hydrogen-bond donors (Lipinski definition) is 1. The Morgan fingerprint density at radius 1 is 0.517 bits per heavy atom. The lowest BCUT2D eigenvalue weighted by Crippen LogP contribution is -2.37. The van der Waals surface area contributed by atoms with E-state index in [1.54, 1.807) is 0 Å². The summed E-state index contributed by atoms with van der Waals surface area (Å²) in [6.07, 6.45) is 50.1. The molecule has 60 heavy (non-hydrogen) atoms. The van der Waals surface area contributed by atoms with Crippen LogP contribution in [0.2, 0.25) is 0 Å². The normalized spacial score (nSPS) is 13.9. The van der Waals surface area contributed by atoms with E-state index in [0.717, 1.165) is 83.5 Å². The van der Waals surface area contributed by atoms with Crippen LogP contribution in [-0.4, -0.2) is 74.9 Å². The largest absolute Gasteiger partial charge is 0.472 e. The van der Waals surface area contributed by atoms with Gasteiger partial charge in [-0.1, -0.05) is 165 Å². The Labute approximate surface area is 369 Å². The van der Waals surface area contributed by atoms with Crippen molar-refractivity contribution >= 4 is 19.8 Å². The SMILES string of the molecule is CCCCC/C=C\C/C=C\C/C=C\CCCCCCCCC(=O)OC(COC(=O)CCCCCCCCC/C=C\CCCCCCCC)COP(=O)(O)OCC[N+](C)(C)C. The first-order chi connectivity index (χ1) is 29.0. The Balaban J connectivity index is 4.33. The number of likely N-dealkylation sites (N-methyl/N-ethyl adjacent to an activating group) is 1. The zero-order chi connectivity index (χ0) is 44.3. The lowest BCUT2D eigenvalue weighted by atomic mass is 10.1. The number of allylic oxidation sites excluding steroid dienone is 8. The Bertz CT molecular complexity index is 1160. The van der Waals surface area contributed by atoms with Gasteiger partial charge in [-0.2, -0.15) is 0 Å². The smallest absolute Gasteiger partial charge is 0.462 e. The van der Waals surface area contributed by atoms with Crippen LogP contribution in [0.25, 0.3) is 0 Å². The van der Waals surface area contributed by atoms with Gasteiger partial charge in [-0.15, -0.1) is 0 Å². The van der Waals surface area contributed by atoms with E-state index in [1.165, 1.54) is 89.9 Å². The summed E-state index contributed by atoms with van der Waals surface area (Å²) in [6.45, 7) is 4.38. The van der Waals surface area contributed by atoms with Crippen LogP contribution >= 0.6 is 7.82 Å². The first-order valence-corrected chi connectivity index (χ1v) is 25.9. The minimum Gasteiger partial charge on any atom is -0.462 e. The highest BCUT2D eigenvalue weighted by molar-refractivity contribution is 7.47. The summed E-state index contributed by atoms with van der Waals surface area (Å²) in [5, 5.41) is 0. The predicted molar refractivity (Wildman–Crippen MR) is 252 cm³/mol. The fourth-order valence-corrected chi connectivity index (χ4v) is 7.23. The molecule has 0 saturated carbocycles. The van der Waals surface area contributed by atoms with Crippen LogP contribution < -0.4 is 0 Å². The number of rotatable bonds is 44. The van der Waals surface area contributed by atoms with E-state index >= 15 is 0 Å². The third-order valence-corrected chi connectivity index (χ3v) is 11.3. The molecule has 0 heterocycles. The number of hydrogen-bond acceptors (Lipinski definition) is 7. The van der Waals surface area contributed by atoms with Gasteiger partial charge in [0.15, 0.2) is 6.10 Å². The van der Waals surface area contributed by atoms with E-state index in [1.807, 2.05) is 21.1 Å². The van der Waals surface area contributed by atoms with E-state index in [9.17, 15) is 19.0 Å². The number of phosphoric acid groups is 1. The van der Waals surface area contributed by atoms with E-state index in [0.29, 0.717) is 17.4 Å². The number of carbonyl (C=O) groups is 2. The summed E-state index contributed by atoms with van der Waals surface area (Å²) in [6, 6.07) is 0. The summed E-state index contributed by atoms with van der Waals surface area (Å²) in [5.74, 6) is -0.816. The van der Waals surface area contributed by atoms with E-state index < -0.39 is 26.5 Å². The van der Waals surface area contributed by atoms with Crippen molar-refractivity contribution in [3.63, 3.8) is 0 Å². The van der Waals surface area contributed by atoms with Crippen LogP contribution in [0.1, 0.15) is 206 Å². The van der Waals surface area contributed by atoms with Gasteiger partial charge in [-0.25, -0.2) is 4.57 Å². The molecule has 2 unspecified atom stereocenters. The summed E-state index contributed by atoms with van der Waals surface area (Å²) < 4.78 is 34.4. The van der Waals surface area contributed by atoms with Crippen molar-refractivity contribution < 1.29 is 42.1 Å². The second-order valence-electron chi connectivity index (χ2n) is 17.5. The van der Waals surface area contributed by atoms with Gasteiger partial charge in [0.25, 0.3) is 0 Å². The minimum atomic E-state index is -4.38. The fourth-order valence-electron chi connectivity index (χ4n) is 6.49. The molecule has 0 saturated heterocycles. The molecule has 0 aromatic heterocycles. The maximum Gasteiger partial charge on any atom is 0.472 e. The highest BCUT2D eigenvalue weighted by Crippen LogP contribution is 2.43. The molecular formula is C50H93NO8P+. The molecule has 1 N–H and O–H groups in total. The molecule has 10 heteroatoms. The van der Waals surface area contributed by atoms with Crippen molar-refractivity contribution in [3.8, 4) is 0 Å². The summed E-state index contributed by atoms with van der Waals surface area (Å²) in [4.78, 5) is 35.5. The third-order valence-electron chi connectivity index (χ3n) is 10.3. The lowest BCUT2D eigenvalue weighted by Gasteiger charge is -2.24. The van der Waals surface area contributed by atoms with Crippen molar-refractivity contribution in [2.75, 3.05) is 47.5 Å². The molecule has 0 aromatic carbocycles. The van der Waals surface area contributed by atoms with Gasteiger partial charge >= 0.3 is 19.8 Å². The summed E-state index contributed by atoms with van der Waals surface area (Å²) >= 11 is 0. The Morgan fingerprint density at radius 2 is 0.900 bits per heavy atom. The first kappa shape index (κ1) is 58.0. The summed E-state index contributed by atoms with van der Waals surface area (Å²) in [7, 11) is 1.46. The van der Waals surface area contributed by atoms with Crippen molar-refractivity contribution in [1.82, 2.24) is 0 Å². The highest BCUT2D eigenvalue weighted by Gasteiger charge is 2.27. The number of quaternary nitrogens is 1. The predicted octanol–water partition coefficient (Wildman–Crippen LogP) is 14.2. The number of ether oxygens (including phenoxy) is 2. The molecule has 0 bridgehead atoms. The molecule has 0 aliphatic carbocycles. The maximum atomic E-state index is 12.7. The summed E-state index contributed by atoms with van der Waals surface area (Å²) in [5.41, 5.74) is 0. The molecule has 0 radical (unpaired) electrons. The molecule has 2 atom stereocenters. The molecule has 0 aliphatic heterocycles. The molecule has 0 aromatic rings. The van der Waals surface area contributed by atoms with Gasteiger partial charge in [0, 0.05) is 12.8 Å². The second kappa shape index (κ2) is 42.3. The molecule has 0 rings (SSSR count). The zero-order valence-electron chi connectivity index (χ0n) is 39.4. The van der Waals surface area contributed by atoms with Gasteiger partial charge < -0.3 is 18.9 Å². The Kier molecular flexibility index (Phi) is 40.8. The second-order valence-corrected chi connectivity index (χ2v) is 18.9. The molecule has 0 fully saturated rings. The lowest BCUT2D eigenvalue weighted by molar-refractivity contribution is -0.870. The molecule has 350 valence electrons. The maximum absolute atomic E-state index is 12.7. The molecular weight excluding hydrogens is 774 g/mol. The average Bonchev–Trinajstić information content (AvgIpc) is 3.20. The number of unbranched alkanes of at least 4 members (excludes halogenated alkanes) is 22. The van der Waals surface area contributed by atoms with Crippen LogP contribution in [-0.2, 0) is 32.7 Å². The average molecular weight is 867 g/mol. The van der Waals surface area contributed by atoms with Gasteiger partial charge in [-0.3, -0.25) is 18.6 Å². The van der Waals surface area contributed by atoms with Crippen LogP contribution in [0.15, 0.2) is 48.6 Å². The Hall–Kier alpha value is -2.03.